The molecule has 19 heavy (non-hydrogen) atoms. The van der Waals surface area contributed by atoms with E-state index in [9.17, 15) is 17.9 Å². The first-order valence-corrected chi connectivity index (χ1v) is 7.41. The van der Waals surface area contributed by atoms with E-state index in [4.69, 9.17) is 0 Å². The third-order valence-corrected chi connectivity index (χ3v) is 3.74. The number of aliphatic hydroxyl groups excluding tert-OH is 1. The Morgan fingerprint density at radius 1 is 1.42 bits per heavy atom. The Morgan fingerprint density at radius 2 is 2.11 bits per heavy atom. The Morgan fingerprint density at radius 3 is 2.63 bits per heavy atom. The van der Waals surface area contributed by atoms with Crippen LogP contribution < -0.4 is 0 Å². The lowest BCUT2D eigenvalue weighted by atomic mass is 10.1. The lowest BCUT2D eigenvalue weighted by Crippen LogP contribution is -2.04. The molecule has 0 fully saturated rings. The molecular weight excluding hydrogens is 271 g/mol. The van der Waals surface area contributed by atoms with Crippen molar-refractivity contribution >= 4 is 9.84 Å². The standard InChI is InChI=1S/C12H13FN2O3S/c1-8(16)11-5-9(13)3-4-12(11)15-7-10(6-14-15)19(2,17)18/h3-8,16H,1-2H3/t8-/m1/s1. The zero-order valence-corrected chi connectivity index (χ0v) is 11.2. The molecule has 1 heterocycles. The van der Waals surface area contributed by atoms with Crippen LogP contribution in [0, 0.1) is 5.82 Å². The van der Waals surface area contributed by atoms with Crippen molar-refractivity contribution in [2.24, 2.45) is 0 Å². The van der Waals surface area contributed by atoms with Crippen LogP contribution in [0.5, 0.6) is 0 Å². The van der Waals surface area contributed by atoms with E-state index < -0.39 is 21.8 Å². The molecule has 0 aliphatic carbocycles. The van der Waals surface area contributed by atoms with Crippen molar-refractivity contribution in [2.45, 2.75) is 17.9 Å². The molecule has 0 amide bonds. The summed E-state index contributed by atoms with van der Waals surface area (Å²) in [6, 6.07) is 3.86. The first kappa shape index (κ1) is 13.7. The smallest absolute Gasteiger partial charge is 0.178 e. The highest BCUT2D eigenvalue weighted by Gasteiger charge is 2.15. The highest BCUT2D eigenvalue weighted by atomic mass is 32.2. The van der Waals surface area contributed by atoms with Crippen LogP contribution in [-0.4, -0.2) is 29.6 Å². The fourth-order valence-electron chi connectivity index (χ4n) is 1.70. The quantitative estimate of drug-likeness (QED) is 0.926. The fourth-order valence-corrected chi connectivity index (χ4v) is 2.23. The van der Waals surface area contributed by atoms with Gasteiger partial charge in [0.1, 0.15) is 10.7 Å². The molecule has 0 aliphatic heterocycles. The second-order valence-electron chi connectivity index (χ2n) is 4.27. The molecule has 1 aromatic carbocycles. The largest absolute Gasteiger partial charge is 0.389 e. The van der Waals surface area contributed by atoms with Gasteiger partial charge in [0.05, 0.1) is 18.0 Å². The van der Waals surface area contributed by atoms with E-state index in [1.54, 1.807) is 0 Å². The molecule has 0 saturated carbocycles. The summed E-state index contributed by atoms with van der Waals surface area (Å²) in [5, 5.41) is 13.6. The molecule has 0 aliphatic rings. The average Bonchev–Trinajstić information content (AvgIpc) is 2.77. The number of sulfone groups is 1. The lowest BCUT2D eigenvalue weighted by Gasteiger charge is -2.11. The topological polar surface area (TPSA) is 72.2 Å². The summed E-state index contributed by atoms with van der Waals surface area (Å²) in [5.74, 6) is -0.477. The van der Waals surface area contributed by atoms with Gasteiger partial charge >= 0.3 is 0 Å². The summed E-state index contributed by atoms with van der Waals surface area (Å²) in [4.78, 5) is 0.0633. The molecule has 0 radical (unpaired) electrons. The Hall–Kier alpha value is -1.73. The van der Waals surface area contributed by atoms with Crippen molar-refractivity contribution in [3.05, 3.63) is 42.0 Å². The van der Waals surface area contributed by atoms with E-state index >= 15 is 0 Å². The zero-order chi connectivity index (χ0) is 14.2. The number of halogens is 1. The van der Waals surface area contributed by atoms with Crippen molar-refractivity contribution in [1.82, 2.24) is 9.78 Å². The molecule has 1 N–H and O–H groups in total. The molecule has 2 rings (SSSR count). The third-order valence-electron chi connectivity index (χ3n) is 2.67. The van der Waals surface area contributed by atoms with Crippen molar-refractivity contribution in [2.75, 3.05) is 6.26 Å². The second kappa shape index (κ2) is 4.75. The summed E-state index contributed by atoms with van der Waals surface area (Å²) in [6.45, 7) is 1.50. The summed E-state index contributed by atoms with van der Waals surface area (Å²) >= 11 is 0. The second-order valence-corrected chi connectivity index (χ2v) is 6.29. The normalized spacial score (nSPS) is 13.5. The number of hydrogen-bond acceptors (Lipinski definition) is 4. The van der Waals surface area contributed by atoms with Gasteiger partial charge in [0, 0.05) is 18.0 Å². The predicted molar refractivity (Wildman–Crippen MR) is 67.3 cm³/mol. The van der Waals surface area contributed by atoms with Crippen LogP contribution in [0.4, 0.5) is 4.39 Å². The number of aromatic nitrogens is 2. The van der Waals surface area contributed by atoms with Crippen molar-refractivity contribution in [3.63, 3.8) is 0 Å². The van der Waals surface area contributed by atoms with Crippen LogP contribution in [-0.2, 0) is 9.84 Å². The highest BCUT2D eigenvalue weighted by Crippen LogP contribution is 2.23. The Kier molecular flexibility index (Phi) is 3.42. The summed E-state index contributed by atoms with van der Waals surface area (Å²) in [7, 11) is -3.35. The van der Waals surface area contributed by atoms with E-state index in [1.807, 2.05) is 0 Å². The SMILES string of the molecule is C[C@@H](O)c1cc(F)ccc1-n1cc(S(C)(=O)=O)cn1. The van der Waals surface area contributed by atoms with Crippen molar-refractivity contribution in [1.29, 1.82) is 0 Å². The maximum Gasteiger partial charge on any atom is 0.178 e. The van der Waals surface area contributed by atoms with Crippen LogP contribution in [0.1, 0.15) is 18.6 Å². The molecule has 7 heteroatoms. The first-order valence-electron chi connectivity index (χ1n) is 5.51. The molecule has 0 saturated heterocycles. The van der Waals surface area contributed by atoms with Gasteiger partial charge in [-0.25, -0.2) is 17.5 Å². The molecular formula is C12H13FN2O3S. The van der Waals surface area contributed by atoms with Gasteiger partial charge in [-0.15, -0.1) is 0 Å². The number of aliphatic hydroxyl groups is 1. The van der Waals surface area contributed by atoms with E-state index in [-0.39, 0.29) is 4.90 Å². The number of nitrogens with zero attached hydrogens (tertiary/aromatic N) is 2. The van der Waals surface area contributed by atoms with Crippen LogP contribution in [0.25, 0.3) is 5.69 Å². The number of benzene rings is 1. The van der Waals surface area contributed by atoms with Crippen LogP contribution >= 0.6 is 0 Å². The number of hydrogen-bond donors (Lipinski definition) is 1. The molecule has 0 unspecified atom stereocenters. The minimum atomic E-state index is -3.35. The van der Waals surface area contributed by atoms with Gasteiger partial charge in [-0.2, -0.15) is 5.10 Å². The van der Waals surface area contributed by atoms with E-state index in [2.05, 4.69) is 5.10 Å². The minimum absolute atomic E-state index is 0.0633. The Balaban J connectivity index is 2.56. The highest BCUT2D eigenvalue weighted by molar-refractivity contribution is 7.90. The van der Waals surface area contributed by atoms with Gasteiger partial charge in [0.25, 0.3) is 0 Å². The van der Waals surface area contributed by atoms with Crippen molar-refractivity contribution < 1.29 is 17.9 Å². The summed E-state index contributed by atoms with van der Waals surface area (Å²) < 4.78 is 37.3. The van der Waals surface area contributed by atoms with E-state index in [0.717, 1.165) is 6.26 Å². The fraction of sp³-hybridized carbons (Fsp3) is 0.250. The van der Waals surface area contributed by atoms with Crippen molar-refractivity contribution in [3.8, 4) is 5.69 Å². The van der Waals surface area contributed by atoms with Crippen LogP contribution in [0.15, 0.2) is 35.5 Å². The molecule has 5 nitrogen and oxygen atoms in total. The molecule has 0 spiro atoms. The van der Waals surface area contributed by atoms with Gasteiger partial charge < -0.3 is 5.11 Å². The summed E-state index contributed by atoms with van der Waals surface area (Å²) in [5.41, 5.74) is 0.773. The molecule has 1 aromatic heterocycles. The first-order chi connectivity index (χ1) is 8.79. The van der Waals surface area contributed by atoms with E-state index in [1.165, 1.54) is 42.2 Å². The van der Waals surface area contributed by atoms with E-state index in [0.29, 0.717) is 11.3 Å². The van der Waals surface area contributed by atoms with Gasteiger partial charge in [-0.05, 0) is 25.1 Å². The molecule has 102 valence electrons. The monoisotopic (exact) mass is 284 g/mol. The third kappa shape index (κ3) is 2.82. The molecule has 2 aromatic rings. The molecule has 1 atom stereocenters. The zero-order valence-electron chi connectivity index (χ0n) is 10.4. The van der Waals surface area contributed by atoms with Gasteiger partial charge in [-0.3, -0.25) is 0 Å². The van der Waals surface area contributed by atoms with Gasteiger partial charge in [-0.1, -0.05) is 0 Å². The summed E-state index contributed by atoms with van der Waals surface area (Å²) in [6.07, 6.45) is 2.73. The van der Waals surface area contributed by atoms with Gasteiger partial charge in [0.2, 0.25) is 0 Å². The Labute approximate surface area is 110 Å². The lowest BCUT2D eigenvalue weighted by molar-refractivity contribution is 0.198. The average molecular weight is 284 g/mol. The molecule has 0 bridgehead atoms. The van der Waals surface area contributed by atoms with Gasteiger partial charge in [0.15, 0.2) is 9.84 Å². The maximum atomic E-state index is 13.2. The van der Waals surface area contributed by atoms with Crippen LogP contribution in [0.2, 0.25) is 0 Å². The van der Waals surface area contributed by atoms with Crippen LogP contribution in [0.3, 0.4) is 0 Å². The predicted octanol–water partition coefficient (Wildman–Crippen LogP) is 1.47. The number of rotatable bonds is 3. The minimum Gasteiger partial charge on any atom is -0.389 e. The maximum absolute atomic E-state index is 13.2. The Bertz CT molecular complexity index is 708.